The molecule has 0 aliphatic carbocycles. The monoisotopic (exact) mass is 420 g/mol. The first kappa shape index (κ1) is 18.7. The summed E-state index contributed by atoms with van der Waals surface area (Å²) in [6.07, 6.45) is 3.42. The highest BCUT2D eigenvalue weighted by molar-refractivity contribution is 7.13. The van der Waals surface area contributed by atoms with Gasteiger partial charge in [0.15, 0.2) is 0 Å². The van der Waals surface area contributed by atoms with Crippen LogP contribution in [-0.4, -0.2) is 61.8 Å². The third kappa shape index (κ3) is 3.89. The molecule has 4 aromatic rings. The minimum Gasteiger partial charge on any atom is -0.338 e. The first-order valence-electron chi connectivity index (χ1n) is 9.74. The van der Waals surface area contributed by atoms with E-state index in [-0.39, 0.29) is 5.91 Å². The van der Waals surface area contributed by atoms with Gasteiger partial charge in [0, 0.05) is 32.4 Å². The summed E-state index contributed by atoms with van der Waals surface area (Å²) in [5, 5.41) is 10.4. The van der Waals surface area contributed by atoms with Crippen molar-refractivity contribution in [3.8, 4) is 16.4 Å². The van der Waals surface area contributed by atoms with Gasteiger partial charge in [-0.2, -0.15) is 10.1 Å². The molecule has 1 saturated heterocycles. The number of para-hydroxylation sites is 1. The van der Waals surface area contributed by atoms with Crippen LogP contribution in [0.1, 0.15) is 16.2 Å². The Labute approximate surface area is 177 Å². The van der Waals surface area contributed by atoms with E-state index in [0.29, 0.717) is 36.9 Å². The molecule has 0 N–H and O–H groups in total. The van der Waals surface area contributed by atoms with Crippen LogP contribution in [-0.2, 0) is 6.54 Å². The Bertz CT molecular complexity index is 1110. The number of hydrogen-bond acceptors (Lipinski definition) is 7. The van der Waals surface area contributed by atoms with Crippen molar-refractivity contribution in [1.82, 2.24) is 29.7 Å². The molecule has 8 nitrogen and oxygen atoms in total. The predicted molar refractivity (Wildman–Crippen MR) is 112 cm³/mol. The zero-order valence-electron chi connectivity index (χ0n) is 16.2. The van der Waals surface area contributed by atoms with Gasteiger partial charge >= 0.3 is 0 Å². The lowest BCUT2D eigenvalue weighted by Gasteiger charge is -2.33. The van der Waals surface area contributed by atoms with Crippen LogP contribution in [0.5, 0.6) is 0 Å². The topological polar surface area (TPSA) is 80.3 Å². The summed E-state index contributed by atoms with van der Waals surface area (Å²) < 4.78 is 7.12. The molecule has 1 aliphatic heterocycles. The van der Waals surface area contributed by atoms with Gasteiger partial charge in [-0.05, 0) is 23.6 Å². The molecule has 9 heteroatoms. The largest absolute Gasteiger partial charge is 0.338 e. The smallest absolute Gasteiger partial charge is 0.257 e. The molecule has 1 aromatic carbocycles. The van der Waals surface area contributed by atoms with Crippen LogP contribution < -0.4 is 0 Å². The number of thiophene rings is 1. The van der Waals surface area contributed by atoms with Gasteiger partial charge < -0.3 is 9.42 Å². The van der Waals surface area contributed by atoms with Gasteiger partial charge in [-0.1, -0.05) is 29.4 Å². The number of benzene rings is 1. The molecule has 1 amide bonds. The molecule has 0 radical (unpaired) electrons. The second-order valence-corrected chi connectivity index (χ2v) is 8.01. The Morgan fingerprint density at radius 3 is 2.67 bits per heavy atom. The molecule has 152 valence electrons. The molecule has 5 rings (SSSR count). The number of piperazine rings is 1. The summed E-state index contributed by atoms with van der Waals surface area (Å²) in [6.45, 7) is 3.42. The summed E-state index contributed by atoms with van der Waals surface area (Å²) in [6, 6.07) is 13.7. The number of hydrogen-bond donors (Lipinski definition) is 0. The molecule has 0 bridgehead atoms. The van der Waals surface area contributed by atoms with Crippen molar-refractivity contribution in [3.63, 3.8) is 0 Å². The number of amides is 1. The second-order valence-electron chi connectivity index (χ2n) is 7.07. The van der Waals surface area contributed by atoms with E-state index in [4.69, 9.17) is 4.52 Å². The Balaban J connectivity index is 1.17. The van der Waals surface area contributed by atoms with Crippen LogP contribution in [0.15, 0.2) is 64.8 Å². The number of aromatic nitrogens is 4. The first-order valence-corrected chi connectivity index (χ1v) is 10.6. The average Bonchev–Trinajstić information content (AvgIpc) is 3.56. The third-order valence-corrected chi connectivity index (χ3v) is 5.94. The summed E-state index contributed by atoms with van der Waals surface area (Å²) in [7, 11) is 0. The standard InChI is InChI=1S/C21H20N6O2S/c28-21(16-13-22-27(14-16)17-5-2-1-3-6-17)26-10-8-25(9-11-26)15-19-23-20(24-29-19)18-7-4-12-30-18/h1-7,12-14H,8-11,15H2. The van der Waals surface area contributed by atoms with Crippen molar-refractivity contribution < 1.29 is 9.32 Å². The van der Waals surface area contributed by atoms with Gasteiger partial charge in [-0.25, -0.2) is 4.68 Å². The Hall–Kier alpha value is -3.30. The first-order chi connectivity index (χ1) is 14.8. The van der Waals surface area contributed by atoms with E-state index in [1.54, 1.807) is 28.4 Å². The maximum absolute atomic E-state index is 12.9. The lowest BCUT2D eigenvalue weighted by Crippen LogP contribution is -2.48. The van der Waals surface area contributed by atoms with Crippen LogP contribution in [0.25, 0.3) is 16.4 Å². The van der Waals surface area contributed by atoms with E-state index in [1.807, 2.05) is 52.7 Å². The Kier molecular flexibility index (Phi) is 5.12. The molecule has 30 heavy (non-hydrogen) atoms. The molecule has 3 aromatic heterocycles. The quantitative estimate of drug-likeness (QED) is 0.494. The average molecular weight is 420 g/mol. The molecular weight excluding hydrogens is 400 g/mol. The molecule has 0 saturated carbocycles. The van der Waals surface area contributed by atoms with Gasteiger partial charge in [0.2, 0.25) is 11.7 Å². The highest BCUT2D eigenvalue weighted by atomic mass is 32.1. The van der Waals surface area contributed by atoms with Crippen molar-refractivity contribution in [2.75, 3.05) is 26.2 Å². The maximum atomic E-state index is 12.9. The summed E-state index contributed by atoms with van der Waals surface area (Å²) in [5.41, 5.74) is 1.53. The number of nitrogens with zero attached hydrogens (tertiary/aromatic N) is 6. The number of rotatable bonds is 5. The number of carbonyl (C=O) groups excluding carboxylic acids is 1. The van der Waals surface area contributed by atoms with Crippen LogP contribution in [0.2, 0.25) is 0 Å². The lowest BCUT2D eigenvalue weighted by molar-refractivity contribution is 0.0615. The Morgan fingerprint density at radius 1 is 1.07 bits per heavy atom. The minimum absolute atomic E-state index is 0.00889. The van der Waals surface area contributed by atoms with Crippen molar-refractivity contribution in [3.05, 3.63) is 71.7 Å². The van der Waals surface area contributed by atoms with Crippen molar-refractivity contribution in [1.29, 1.82) is 0 Å². The van der Waals surface area contributed by atoms with Gasteiger partial charge in [-0.15, -0.1) is 11.3 Å². The normalized spacial score (nSPS) is 14.9. The van der Waals surface area contributed by atoms with E-state index in [0.717, 1.165) is 23.7 Å². The highest BCUT2D eigenvalue weighted by Crippen LogP contribution is 2.22. The lowest BCUT2D eigenvalue weighted by atomic mass is 10.2. The van der Waals surface area contributed by atoms with Crippen LogP contribution in [0, 0.1) is 0 Å². The fourth-order valence-electron chi connectivity index (χ4n) is 3.46. The molecule has 4 heterocycles. The summed E-state index contributed by atoms with van der Waals surface area (Å²) >= 11 is 1.59. The second kappa shape index (κ2) is 8.21. The SMILES string of the molecule is O=C(c1cnn(-c2ccccc2)c1)N1CCN(Cc2nc(-c3cccs3)no2)CC1. The van der Waals surface area contributed by atoms with Gasteiger partial charge in [-0.3, -0.25) is 9.69 Å². The van der Waals surface area contributed by atoms with Crippen molar-refractivity contribution in [2.24, 2.45) is 0 Å². The fraction of sp³-hybridized carbons (Fsp3) is 0.238. The maximum Gasteiger partial charge on any atom is 0.257 e. The van der Waals surface area contributed by atoms with E-state index in [2.05, 4.69) is 20.1 Å². The van der Waals surface area contributed by atoms with Gasteiger partial charge in [0.25, 0.3) is 5.91 Å². The van der Waals surface area contributed by atoms with E-state index in [9.17, 15) is 4.79 Å². The van der Waals surface area contributed by atoms with Crippen molar-refractivity contribution in [2.45, 2.75) is 6.54 Å². The van der Waals surface area contributed by atoms with Crippen molar-refractivity contribution >= 4 is 17.2 Å². The number of carbonyl (C=O) groups is 1. The molecule has 0 atom stereocenters. The van der Waals surface area contributed by atoms with Gasteiger partial charge in [0.05, 0.1) is 28.9 Å². The molecule has 0 spiro atoms. The van der Waals surface area contributed by atoms with E-state index < -0.39 is 0 Å². The fourth-order valence-corrected chi connectivity index (χ4v) is 4.11. The van der Waals surface area contributed by atoms with Gasteiger partial charge in [0.1, 0.15) is 0 Å². The van der Waals surface area contributed by atoms with E-state index in [1.165, 1.54) is 0 Å². The van der Waals surface area contributed by atoms with Crippen LogP contribution in [0.4, 0.5) is 0 Å². The Morgan fingerprint density at radius 2 is 1.90 bits per heavy atom. The third-order valence-electron chi connectivity index (χ3n) is 5.08. The summed E-state index contributed by atoms with van der Waals surface area (Å²) in [5.74, 6) is 1.24. The summed E-state index contributed by atoms with van der Waals surface area (Å²) in [4.78, 5) is 22.4. The zero-order valence-corrected chi connectivity index (χ0v) is 17.0. The molecule has 1 aliphatic rings. The minimum atomic E-state index is 0.00889. The van der Waals surface area contributed by atoms with E-state index >= 15 is 0 Å². The molecular formula is C21H20N6O2S. The molecule has 0 unspecified atom stereocenters. The predicted octanol–water partition coefficient (Wildman–Crippen LogP) is 2.94. The zero-order chi connectivity index (χ0) is 20.3. The molecule has 1 fully saturated rings. The van der Waals surface area contributed by atoms with Crippen LogP contribution >= 0.6 is 11.3 Å². The highest BCUT2D eigenvalue weighted by Gasteiger charge is 2.24. The van der Waals surface area contributed by atoms with Crippen LogP contribution in [0.3, 0.4) is 0 Å².